The molecule has 3 nitrogen and oxygen atoms in total. The Balaban J connectivity index is 3.25. The molecule has 0 bridgehead atoms. The lowest BCUT2D eigenvalue weighted by molar-refractivity contribution is -0.143. The van der Waals surface area contributed by atoms with Crippen molar-refractivity contribution in [3.05, 3.63) is 12.7 Å². The van der Waals surface area contributed by atoms with Crippen LogP contribution in [0.15, 0.2) is 12.7 Å². The Morgan fingerprint density at radius 2 is 2.31 bits per heavy atom. The molecular formula is C10H18O3. The summed E-state index contributed by atoms with van der Waals surface area (Å²) < 4.78 is 4.75. The zero-order valence-electron chi connectivity index (χ0n) is 8.16. The summed E-state index contributed by atoms with van der Waals surface area (Å²) in [5.41, 5.74) is 0. The molecule has 0 saturated carbocycles. The van der Waals surface area contributed by atoms with Crippen molar-refractivity contribution in [2.24, 2.45) is 0 Å². The summed E-state index contributed by atoms with van der Waals surface area (Å²) in [5.74, 6) is -0.157. The summed E-state index contributed by atoms with van der Waals surface area (Å²) in [7, 11) is 0. The summed E-state index contributed by atoms with van der Waals surface area (Å²) in [6.45, 7) is 5.69. The van der Waals surface area contributed by atoms with Gasteiger partial charge in [-0.05, 0) is 26.2 Å². The van der Waals surface area contributed by atoms with E-state index in [2.05, 4.69) is 6.58 Å². The van der Waals surface area contributed by atoms with Crippen LogP contribution in [-0.4, -0.2) is 23.8 Å². The second kappa shape index (κ2) is 7.80. The average molecular weight is 186 g/mol. The minimum Gasteiger partial charge on any atom is -0.466 e. The van der Waals surface area contributed by atoms with Crippen LogP contribution in [0.3, 0.4) is 0 Å². The molecule has 0 amide bonds. The number of unbranched alkanes of at least 4 members (excludes halogenated alkanes) is 1. The maximum absolute atomic E-state index is 10.9. The van der Waals surface area contributed by atoms with Gasteiger partial charge in [0, 0.05) is 6.42 Å². The van der Waals surface area contributed by atoms with Crippen LogP contribution in [0.25, 0.3) is 0 Å². The van der Waals surface area contributed by atoms with Crippen LogP contribution in [-0.2, 0) is 9.53 Å². The number of esters is 1. The predicted molar refractivity (Wildman–Crippen MR) is 51.3 cm³/mol. The molecule has 0 aliphatic carbocycles. The third-order valence-electron chi connectivity index (χ3n) is 1.71. The van der Waals surface area contributed by atoms with Crippen molar-refractivity contribution in [3.8, 4) is 0 Å². The third-order valence-corrected chi connectivity index (χ3v) is 1.71. The summed E-state index contributed by atoms with van der Waals surface area (Å²) in [6.07, 6.45) is 3.77. The number of hydrogen-bond donors (Lipinski definition) is 1. The maximum Gasteiger partial charge on any atom is 0.305 e. The number of rotatable bonds is 7. The molecule has 0 aliphatic rings. The molecule has 0 rings (SSSR count). The maximum atomic E-state index is 10.9. The van der Waals surface area contributed by atoms with E-state index >= 15 is 0 Å². The van der Waals surface area contributed by atoms with Crippen LogP contribution >= 0.6 is 0 Å². The standard InChI is InChI=1S/C10H18O3/c1-3-9(11)7-5-6-8-10(12)13-4-2/h3,9,11H,1,4-8H2,2H3/t9-/m0/s1. The normalized spacial score (nSPS) is 12.2. The van der Waals surface area contributed by atoms with Crippen molar-refractivity contribution in [3.63, 3.8) is 0 Å². The van der Waals surface area contributed by atoms with Crippen molar-refractivity contribution in [1.29, 1.82) is 0 Å². The van der Waals surface area contributed by atoms with Gasteiger partial charge in [-0.2, -0.15) is 0 Å². The molecule has 0 aromatic heterocycles. The summed E-state index contributed by atoms with van der Waals surface area (Å²) in [5, 5.41) is 9.09. The van der Waals surface area contributed by atoms with Gasteiger partial charge in [-0.15, -0.1) is 6.58 Å². The Morgan fingerprint density at radius 1 is 1.62 bits per heavy atom. The minimum atomic E-state index is -0.442. The van der Waals surface area contributed by atoms with Gasteiger partial charge in [0.1, 0.15) is 0 Å². The van der Waals surface area contributed by atoms with E-state index in [0.29, 0.717) is 19.4 Å². The molecule has 3 heteroatoms. The Bertz CT molecular complexity index is 154. The first-order valence-corrected chi connectivity index (χ1v) is 4.67. The SMILES string of the molecule is C=C[C@H](O)CCCCC(=O)OCC. The summed E-state index contributed by atoms with van der Waals surface area (Å²) in [6, 6.07) is 0. The number of ether oxygens (including phenoxy) is 1. The lowest BCUT2D eigenvalue weighted by Crippen LogP contribution is -2.05. The predicted octanol–water partition coefficient (Wildman–Crippen LogP) is 1.66. The van der Waals surface area contributed by atoms with Crippen LogP contribution < -0.4 is 0 Å². The first kappa shape index (κ1) is 12.2. The average Bonchev–Trinajstić information content (AvgIpc) is 2.12. The molecule has 0 radical (unpaired) electrons. The van der Waals surface area contributed by atoms with E-state index in [4.69, 9.17) is 9.84 Å². The highest BCUT2D eigenvalue weighted by atomic mass is 16.5. The number of aliphatic hydroxyl groups excluding tert-OH is 1. The quantitative estimate of drug-likeness (QED) is 0.373. The van der Waals surface area contributed by atoms with Gasteiger partial charge in [-0.1, -0.05) is 6.08 Å². The highest BCUT2D eigenvalue weighted by molar-refractivity contribution is 5.69. The molecule has 1 N–H and O–H groups in total. The Hall–Kier alpha value is -0.830. The molecule has 0 saturated heterocycles. The lowest BCUT2D eigenvalue weighted by Gasteiger charge is -2.04. The van der Waals surface area contributed by atoms with Gasteiger partial charge in [-0.3, -0.25) is 4.79 Å². The zero-order chi connectivity index (χ0) is 10.1. The van der Waals surface area contributed by atoms with Crippen LogP contribution in [0.1, 0.15) is 32.6 Å². The lowest BCUT2D eigenvalue weighted by atomic mass is 10.1. The van der Waals surface area contributed by atoms with E-state index in [1.54, 1.807) is 6.92 Å². The van der Waals surface area contributed by atoms with Gasteiger partial charge in [-0.25, -0.2) is 0 Å². The second-order valence-electron chi connectivity index (χ2n) is 2.85. The van der Waals surface area contributed by atoms with Gasteiger partial charge in [0.2, 0.25) is 0 Å². The van der Waals surface area contributed by atoms with Gasteiger partial charge in [0.25, 0.3) is 0 Å². The van der Waals surface area contributed by atoms with Crippen LogP contribution in [0.4, 0.5) is 0 Å². The van der Waals surface area contributed by atoms with E-state index in [-0.39, 0.29) is 5.97 Å². The molecule has 0 aromatic rings. The van der Waals surface area contributed by atoms with Crippen molar-refractivity contribution in [1.82, 2.24) is 0 Å². The van der Waals surface area contributed by atoms with Gasteiger partial charge < -0.3 is 9.84 Å². The van der Waals surface area contributed by atoms with Crippen molar-refractivity contribution in [2.75, 3.05) is 6.61 Å². The number of hydrogen-bond acceptors (Lipinski definition) is 3. The minimum absolute atomic E-state index is 0.157. The molecule has 1 atom stereocenters. The molecule has 0 fully saturated rings. The molecule has 0 aliphatic heterocycles. The molecule has 0 spiro atoms. The van der Waals surface area contributed by atoms with Crippen LogP contribution in [0, 0.1) is 0 Å². The molecule has 13 heavy (non-hydrogen) atoms. The van der Waals surface area contributed by atoms with E-state index < -0.39 is 6.10 Å². The van der Waals surface area contributed by atoms with E-state index in [9.17, 15) is 4.79 Å². The topological polar surface area (TPSA) is 46.5 Å². The second-order valence-corrected chi connectivity index (χ2v) is 2.85. The molecular weight excluding hydrogens is 168 g/mol. The van der Waals surface area contributed by atoms with Gasteiger partial charge in [0.05, 0.1) is 12.7 Å². The zero-order valence-corrected chi connectivity index (χ0v) is 8.16. The van der Waals surface area contributed by atoms with Crippen LogP contribution in [0.2, 0.25) is 0 Å². The first-order chi connectivity index (χ1) is 6.20. The van der Waals surface area contributed by atoms with E-state index in [1.165, 1.54) is 6.08 Å². The fourth-order valence-electron chi connectivity index (χ4n) is 0.974. The molecule has 0 aromatic carbocycles. The summed E-state index contributed by atoms with van der Waals surface area (Å²) >= 11 is 0. The number of aliphatic hydroxyl groups is 1. The van der Waals surface area contributed by atoms with Crippen molar-refractivity contribution >= 4 is 5.97 Å². The Morgan fingerprint density at radius 3 is 2.85 bits per heavy atom. The number of carbonyl (C=O) groups is 1. The molecule has 76 valence electrons. The summed E-state index contributed by atoms with van der Waals surface area (Å²) in [4.78, 5) is 10.9. The fraction of sp³-hybridized carbons (Fsp3) is 0.700. The third kappa shape index (κ3) is 7.53. The van der Waals surface area contributed by atoms with E-state index in [1.807, 2.05) is 0 Å². The highest BCUT2D eigenvalue weighted by Crippen LogP contribution is 2.04. The van der Waals surface area contributed by atoms with Gasteiger partial charge in [0.15, 0.2) is 0 Å². The van der Waals surface area contributed by atoms with Crippen molar-refractivity contribution < 1.29 is 14.6 Å². The van der Waals surface area contributed by atoms with E-state index in [0.717, 1.165) is 12.8 Å². The first-order valence-electron chi connectivity index (χ1n) is 4.67. The smallest absolute Gasteiger partial charge is 0.305 e. The highest BCUT2D eigenvalue weighted by Gasteiger charge is 2.02. The Kier molecular flexibility index (Phi) is 7.30. The number of carbonyl (C=O) groups excluding carboxylic acids is 1. The van der Waals surface area contributed by atoms with Gasteiger partial charge >= 0.3 is 5.97 Å². The van der Waals surface area contributed by atoms with Crippen molar-refractivity contribution in [2.45, 2.75) is 38.7 Å². The monoisotopic (exact) mass is 186 g/mol. The Labute approximate surface area is 79.4 Å². The van der Waals surface area contributed by atoms with Crippen LogP contribution in [0.5, 0.6) is 0 Å². The molecule has 0 heterocycles. The molecule has 0 unspecified atom stereocenters. The fourth-order valence-corrected chi connectivity index (χ4v) is 0.974. The largest absolute Gasteiger partial charge is 0.466 e.